The van der Waals surface area contributed by atoms with Crippen molar-refractivity contribution in [2.75, 3.05) is 19.1 Å². The van der Waals surface area contributed by atoms with Gasteiger partial charge in [0.1, 0.15) is 0 Å². The number of anilines is 1. The molecule has 2 amide bonds. The minimum absolute atomic E-state index is 0.136. The summed E-state index contributed by atoms with van der Waals surface area (Å²) in [6, 6.07) is 16.3. The Hall–Kier alpha value is -2.86. The zero-order valence-electron chi connectivity index (χ0n) is 13.7. The normalized spacial score (nSPS) is 10.2. The van der Waals surface area contributed by atoms with E-state index in [9.17, 15) is 14.7 Å². The third-order valence-electron chi connectivity index (χ3n) is 3.62. The summed E-state index contributed by atoms with van der Waals surface area (Å²) in [7, 11) is 2.95. The second kappa shape index (κ2) is 8.12. The van der Waals surface area contributed by atoms with Crippen LogP contribution in [0.15, 0.2) is 54.6 Å². The molecule has 1 N–H and O–H groups in total. The van der Waals surface area contributed by atoms with E-state index in [-0.39, 0.29) is 18.9 Å². The van der Waals surface area contributed by atoms with Crippen LogP contribution in [0.1, 0.15) is 11.1 Å². The minimum Gasteiger partial charge on any atom is -0.465 e. The van der Waals surface area contributed by atoms with Gasteiger partial charge in [0.15, 0.2) is 0 Å². The highest BCUT2D eigenvalue weighted by Crippen LogP contribution is 2.20. The van der Waals surface area contributed by atoms with Crippen LogP contribution >= 0.6 is 0 Å². The average molecular weight is 328 g/mol. The number of carbonyl (C=O) groups excluding carboxylic acids is 1. The molecule has 0 spiro atoms. The second-order valence-electron chi connectivity index (χ2n) is 5.27. The largest absolute Gasteiger partial charge is 0.465 e. The van der Waals surface area contributed by atoms with E-state index in [1.54, 1.807) is 24.3 Å². The Morgan fingerprint density at radius 2 is 1.71 bits per heavy atom. The molecule has 0 saturated heterocycles. The molecule has 2 aromatic carbocycles. The van der Waals surface area contributed by atoms with Crippen LogP contribution in [-0.2, 0) is 22.6 Å². The maximum Gasteiger partial charge on any atom is 0.412 e. The Morgan fingerprint density at radius 3 is 2.33 bits per heavy atom. The number of hydrogen-bond donors (Lipinski definition) is 1. The van der Waals surface area contributed by atoms with E-state index in [2.05, 4.69) is 0 Å². The molecule has 2 rings (SSSR count). The van der Waals surface area contributed by atoms with Crippen molar-refractivity contribution in [2.45, 2.75) is 13.0 Å². The summed E-state index contributed by atoms with van der Waals surface area (Å²) in [6.45, 7) is 0.242. The highest BCUT2D eigenvalue weighted by atomic mass is 16.7. The Labute approximate surface area is 140 Å². The van der Waals surface area contributed by atoms with Gasteiger partial charge in [-0.3, -0.25) is 14.5 Å². The Morgan fingerprint density at radius 1 is 1.04 bits per heavy atom. The van der Waals surface area contributed by atoms with Gasteiger partial charge in [-0.1, -0.05) is 42.5 Å². The molecule has 6 heteroatoms. The van der Waals surface area contributed by atoms with Crippen molar-refractivity contribution in [3.8, 4) is 0 Å². The van der Waals surface area contributed by atoms with Crippen molar-refractivity contribution in [3.05, 3.63) is 65.7 Å². The topological polar surface area (TPSA) is 70.1 Å². The van der Waals surface area contributed by atoms with Crippen LogP contribution in [0.3, 0.4) is 0 Å². The molecule has 24 heavy (non-hydrogen) atoms. The van der Waals surface area contributed by atoms with Crippen LogP contribution in [0.4, 0.5) is 10.5 Å². The number of amides is 2. The van der Waals surface area contributed by atoms with E-state index < -0.39 is 6.09 Å². The second-order valence-corrected chi connectivity index (χ2v) is 5.27. The summed E-state index contributed by atoms with van der Waals surface area (Å²) in [4.78, 5) is 29.7. The van der Waals surface area contributed by atoms with Gasteiger partial charge in [0.2, 0.25) is 5.91 Å². The molecule has 0 aliphatic rings. The Balaban J connectivity index is 2.20. The highest BCUT2D eigenvalue weighted by Gasteiger charge is 2.16. The monoisotopic (exact) mass is 328 g/mol. The summed E-state index contributed by atoms with van der Waals surface area (Å²) in [5.41, 5.74) is 2.14. The molecule has 0 aromatic heterocycles. The number of benzene rings is 2. The van der Waals surface area contributed by atoms with Crippen LogP contribution < -0.4 is 4.90 Å². The third-order valence-corrected chi connectivity index (χ3v) is 3.62. The van der Waals surface area contributed by atoms with Gasteiger partial charge in [-0.15, -0.1) is 0 Å². The van der Waals surface area contributed by atoms with Crippen LogP contribution in [-0.4, -0.2) is 36.3 Å². The number of hydrogen-bond acceptors (Lipinski definition) is 3. The SMILES string of the molecule is CON(C)C(=O)Cc1cccc(N(Cc2ccccc2)C(=O)O)c1. The molecule has 126 valence electrons. The van der Waals surface area contributed by atoms with E-state index in [0.29, 0.717) is 5.69 Å². The van der Waals surface area contributed by atoms with E-state index in [4.69, 9.17) is 4.84 Å². The number of nitrogens with zero attached hydrogens (tertiary/aromatic N) is 2. The van der Waals surface area contributed by atoms with Gasteiger partial charge in [-0.25, -0.2) is 9.86 Å². The predicted molar refractivity (Wildman–Crippen MR) is 90.6 cm³/mol. The molecule has 0 atom stereocenters. The highest BCUT2D eigenvalue weighted by molar-refractivity contribution is 5.86. The van der Waals surface area contributed by atoms with Gasteiger partial charge >= 0.3 is 6.09 Å². The van der Waals surface area contributed by atoms with Crippen molar-refractivity contribution < 1.29 is 19.5 Å². The zero-order valence-corrected chi connectivity index (χ0v) is 13.7. The Bertz CT molecular complexity index is 703. The van der Waals surface area contributed by atoms with Gasteiger partial charge < -0.3 is 5.11 Å². The molecule has 0 aliphatic carbocycles. The first-order chi connectivity index (χ1) is 11.5. The number of hydroxylamine groups is 2. The first-order valence-corrected chi connectivity index (χ1v) is 7.45. The van der Waals surface area contributed by atoms with E-state index in [0.717, 1.165) is 16.2 Å². The number of likely N-dealkylation sites (N-methyl/N-ethyl adjacent to an activating group) is 1. The van der Waals surface area contributed by atoms with Crippen LogP contribution in [0, 0.1) is 0 Å². The third kappa shape index (κ3) is 4.57. The lowest BCUT2D eigenvalue weighted by Gasteiger charge is -2.20. The first-order valence-electron chi connectivity index (χ1n) is 7.45. The fourth-order valence-corrected chi connectivity index (χ4v) is 2.26. The molecular weight excluding hydrogens is 308 g/mol. The summed E-state index contributed by atoms with van der Waals surface area (Å²) < 4.78 is 0. The lowest BCUT2D eigenvalue weighted by Crippen LogP contribution is -2.29. The first kappa shape index (κ1) is 17.5. The fraction of sp³-hybridized carbons (Fsp3) is 0.222. The molecular formula is C18H20N2O4. The summed E-state index contributed by atoms with van der Waals surface area (Å²) in [5.74, 6) is -0.209. The maximum atomic E-state index is 11.9. The Kier molecular flexibility index (Phi) is 5.92. The van der Waals surface area contributed by atoms with Crippen LogP contribution in [0.5, 0.6) is 0 Å². The van der Waals surface area contributed by atoms with E-state index >= 15 is 0 Å². The van der Waals surface area contributed by atoms with Crippen LogP contribution in [0.2, 0.25) is 0 Å². The quantitative estimate of drug-likeness (QED) is 0.828. The lowest BCUT2D eigenvalue weighted by molar-refractivity contribution is -0.167. The number of carboxylic acid groups (broad SMARTS) is 1. The van der Waals surface area contributed by atoms with Crippen molar-refractivity contribution in [1.82, 2.24) is 5.06 Å². The number of rotatable bonds is 6. The molecule has 6 nitrogen and oxygen atoms in total. The fourth-order valence-electron chi connectivity index (χ4n) is 2.26. The smallest absolute Gasteiger partial charge is 0.412 e. The van der Waals surface area contributed by atoms with Gasteiger partial charge in [0.25, 0.3) is 0 Å². The number of carbonyl (C=O) groups is 2. The van der Waals surface area contributed by atoms with Crippen molar-refractivity contribution in [3.63, 3.8) is 0 Å². The summed E-state index contributed by atoms with van der Waals surface area (Å²) >= 11 is 0. The van der Waals surface area contributed by atoms with Crippen molar-refractivity contribution in [1.29, 1.82) is 0 Å². The maximum absolute atomic E-state index is 11.9. The summed E-state index contributed by atoms with van der Waals surface area (Å²) in [5, 5.41) is 10.7. The molecule has 0 bridgehead atoms. The predicted octanol–water partition coefficient (Wildman–Crippen LogP) is 2.93. The van der Waals surface area contributed by atoms with Crippen molar-refractivity contribution in [2.24, 2.45) is 0 Å². The van der Waals surface area contributed by atoms with Gasteiger partial charge in [-0.2, -0.15) is 0 Å². The molecule has 0 unspecified atom stereocenters. The van der Waals surface area contributed by atoms with Crippen molar-refractivity contribution >= 4 is 17.7 Å². The standard InChI is InChI=1S/C18H20N2O4/c1-19(24-2)17(21)12-15-9-6-10-16(11-15)20(18(22)23)13-14-7-4-3-5-8-14/h3-11H,12-13H2,1-2H3,(H,22,23). The molecule has 2 aromatic rings. The van der Waals surface area contributed by atoms with Gasteiger partial charge in [-0.05, 0) is 23.3 Å². The zero-order chi connectivity index (χ0) is 17.5. The molecule has 0 fully saturated rings. The van der Waals surface area contributed by atoms with E-state index in [1.807, 2.05) is 30.3 Å². The van der Waals surface area contributed by atoms with Gasteiger partial charge in [0.05, 0.1) is 20.1 Å². The van der Waals surface area contributed by atoms with Crippen LogP contribution in [0.25, 0.3) is 0 Å². The molecule has 0 saturated carbocycles. The molecule has 0 aliphatic heterocycles. The minimum atomic E-state index is -1.05. The van der Waals surface area contributed by atoms with E-state index in [1.165, 1.54) is 19.1 Å². The average Bonchev–Trinajstić information content (AvgIpc) is 2.59. The molecule has 0 radical (unpaired) electrons. The molecule has 0 heterocycles. The van der Waals surface area contributed by atoms with Gasteiger partial charge in [0, 0.05) is 12.7 Å². The summed E-state index contributed by atoms with van der Waals surface area (Å²) in [6.07, 6.45) is -0.909. The lowest BCUT2D eigenvalue weighted by atomic mass is 10.1.